The molecule has 0 amide bonds. The molecule has 0 radical (unpaired) electrons. The monoisotopic (exact) mass is 1050 g/mol. The van der Waals surface area contributed by atoms with Crippen molar-refractivity contribution < 1.29 is 104 Å². The van der Waals surface area contributed by atoms with E-state index < -0.39 is 146 Å². The second-order valence-corrected chi connectivity index (χ2v) is 24.4. The predicted molar refractivity (Wildman–Crippen MR) is 253 cm³/mol. The molecule has 8 aliphatic rings. The fourth-order valence-corrected chi connectivity index (χ4v) is 15.4. The van der Waals surface area contributed by atoms with E-state index in [9.17, 15) is 66.1 Å². The lowest BCUT2D eigenvalue weighted by molar-refractivity contribution is -0.383. The average Bonchev–Trinajstić information content (AvgIpc) is 3.72. The molecule has 8 rings (SSSR count). The summed E-state index contributed by atoms with van der Waals surface area (Å²) in [6, 6.07) is 0. The maximum Gasteiger partial charge on any atom is 0.187 e. The Morgan fingerprint density at radius 2 is 1.27 bits per heavy atom. The van der Waals surface area contributed by atoms with Gasteiger partial charge in [0.25, 0.3) is 0 Å². The number of hydrogen-bond acceptors (Lipinski definition) is 21. The van der Waals surface area contributed by atoms with E-state index in [1.165, 1.54) is 13.2 Å². The molecular weight excluding hydrogens is 961 g/mol. The first-order chi connectivity index (χ1) is 34.3. The van der Waals surface area contributed by atoms with Crippen molar-refractivity contribution in [3.63, 3.8) is 0 Å². The molecule has 4 heterocycles. The van der Waals surface area contributed by atoms with Crippen molar-refractivity contribution in [3.05, 3.63) is 11.6 Å². The molecule has 4 aliphatic carbocycles. The van der Waals surface area contributed by atoms with Crippen LogP contribution in [0.4, 0.5) is 0 Å². The van der Waals surface area contributed by atoms with Crippen LogP contribution in [0.3, 0.4) is 0 Å². The van der Waals surface area contributed by atoms with Crippen LogP contribution in [0.25, 0.3) is 0 Å². The first-order valence-electron chi connectivity index (χ1n) is 26.7. The molecule has 0 spiro atoms. The number of carbonyl (C=O) groups excluding carboxylic acids is 1. The van der Waals surface area contributed by atoms with Crippen LogP contribution in [-0.2, 0) is 42.7 Å². The van der Waals surface area contributed by atoms with Crippen LogP contribution >= 0.6 is 0 Å². The summed E-state index contributed by atoms with van der Waals surface area (Å²) in [6.07, 6.45) is -17.8. The highest BCUT2D eigenvalue weighted by Crippen LogP contribution is 2.75. The summed E-state index contributed by atoms with van der Waals surface area (Å²) in [7, 11) is 0. The zero-order chi connectivity index (χ0) is 53.3. The number of hydrogen-bond donors (Lipinski definition) is 12. The van der Waals surface area contributed by atoms with E-state index in [4.69, 9.17) is 37.9 Å². The predicted octanol–water partition coefficient (Wildman–Crippen LogP) is -0.716. The van der Waals surface area contributed by atoms with Gasteiger partial charge in [-0.2, -0.15) is 0 Å². The van der Waals surface area contributed by atoms with Crippen LogP contribution in [0, 0.1) is 45.3 Å². The number of ether oxygens (including phenoxy) is 8. The second-order valence-electron chi connectivity index (χ2n) is 24.4. The van der Waals surface area contributed by atoms with Gasteiger partial charge in [0.2, 0.25) is 0 Å². The van der Waals surface area contributed by atoms with E-state index in [0.29, 0.717) is 38.5 Å². The average molecular weight is 1050 g/mol. The Bertz CT molecular complexity index is 1900. The molecule has 23 unspecified atom stereocenters. The summed E-state index contributed by atoms with van der Waals surface area (Å²) in [5.74, 6) is -0.385. The SMILES string of the molecule is CC(C)=CCC[C@@](O)(COC1OC(CO)C(O)C(O)C1O)C1CC[C@]2(C)C1CCC1[C@@]3(C=O)CCC(OC4OCC(O)C(OC5OCC(O)C(O)C5O)C4OC4OC(C)C(O)C(O)C4O)C(C)(C)C3CC[C@]12C. The largest absolute Gasteiger partial charge is 0.394 e. The van der Waals surface area contributed by atoms with Gasteiger partial charge in [-0.3, -0.25) is 0 Å². The smallest absolute Gasteiger partial charge is 0.187 e. The van der Waals surface area contributed by atoms with Crippen molar-refractivity contribution in [1.82, 2.24) is 0 Å². The van der Waals surface area contributed by atoms with E-state index in [2.05, 4.69) is 33.8 Å². The van der Waals surface area contributed by atoms with Gasteiger partial charge in [-0.1, -0.05) is 39.3 Å². The fourth-order valence-electron chi connectivity index (χ4n) is 15.4. The summed E-state index contributed by atoms with van der Waals surface area (Å²) in [5.41, 5.74) is -2.36. The molecule has 27 atom stereocenters. The quantitative estimate of drug-likeness (QED) is 0.0547. The topological polar surface area (TPSA) is 334 Å². The number of aldehydes is 1. The van der Waals surface area contributed by atoms with Crippen molar-refractivity contribution in [2.45, 2.75) is 235 Å². The normalized spacial score (nSPS) is 51.7. The first kappa shape index (κ1) is 57.8. The van der Waals surface area contributed by atoms with Crippen LogP contribution in [0.5, 0.6) is 0 Å². The minimum Gasteiger partial charge on any atom is -0.394 e. The van der Waals surface area contributed by atoms with Crippen LogP contribution in [0.1, 0.15) is 113 Å². The lowest BCUT2D eigenvalue weighted by atomic mass is 9.35. The first-order valence-corrected chi connectivity index (χ1v) is 26.7. The molecule has 73 heavy (non-hydrogen) atoms. The van der Waals surface area contributed by atoms with Crippen molar-refractivity contribution in [3.8, 4) is 0 Å². The highest BCUT2D eigenvalue weighted by Gasteiger charge is 2.71. The van der Waals surface area contributed by atoms with Crippen LogP contribution < -0.4 is 0 Å². The molecule has 0 aromatic carbocycles. The zero-order valence-electron chi connectivity index (χ0n) is 43.4. The lowest BCUT2D eigenvalue weighted by Gasteiger charge is -2.69. The number of rotatable bonds is 15. The summed E-state index contributed by atoms with van der Waals surface area (Å²) in [6.45, 7) is 12.7. The van der Waals surface area contributed by atoms with E-state index in [-0.39, 0.29) is 47.7 Å². The third-order valence-electron chi connectivity index (χ3n) is 19.9. The summed E-state index contributed by atoms with van der Waals surface area (Å²) in [4.78, 5) is 14.1. The molecular formula is C52H86O21. The number of fused-ring (bicyclic) bond motifs is 5. The fraction of sp³-hybridized carbons (Fsp3) is 0.942. The Labute approximate surface area is 427 Å². The van der Waals surface area contributed by atoms with Gasteiger partial charge in [0.05, 0.1) is 44.2 Å². The van der Waals surface area contributed by atoms with E-state index >= 15 is 0 Å². The third kappa shape index (κ3) is 10.2. The van der Waals surface area contributed by atoms with Crippen molar-refractivity contribution in [1.29, 1.82) is 0 Å². The second kappa shape index (κ2) is 22.0. The van der Waals surface area contributed by atoms with Gasteiger partial charge in [0.15, 0.2) is 25.2 Å². The molecule has 420 valence electrons. The minimum atomic E-state index is -1.76. The maximum atomic E-state index is 14.1. The highest BCUT2D eigenvalue weighted by atomic mass is 16.8. The van der Waals surface area contributed by atoms with Crippen LogP contribution in [0.2, 0.25) is 0 Å². The summed E-state index contributed by atoms with van der Waals surface area (Å²) < 4.78 is 48.7. The Morgan fingerprint density at radius 3 is 1.96 bits per heavy atom. The Hall–Kier alpha value is -1.39. The molecule has 0 aromatic heterocycles. The van der Waals surface area contributed by atoms with Crippen molar-refractivity contribution >= 4 is 6.29 Å². The Morgan fingerprint density at radius 1 is 0.644 bits per heavy atom. The van der Waals surface area contributed by atoms with Crippen molar-refractivity contribution in [2.24, 2.45) is 45.3 Å². The van der Waals surface area contributed by atoms with Gasteiger partial charge in [-0.15, -0.1) is 0 Å². The standard InChI is InChI=1S/C52H86O21/c1-24(2)9-8-15-52(65,23-68-45-40(63)38(61)36(59)30(19-53)70-45)27-12-16-49(6)26(27)10-11-32-50(49,7)17-13-31-48(4,5)33(14-18-51(31,32)22-54)71-47-43(73-46-41(64)37(60)34(57)25(3)69-46)42(29(56)21-67-47)72-44-39(62)35(58)28(55)20-66-44/h9,22,25-47,53,55-65H,8,10-21,23H2,1-7H3/t25?,26?,27?,28?,29?,30?,31?,32?,33?,34?,35?,36?,37?,38?,39?,40?,41?,42?,43?,44?,45?,46?,47?,49-,50-,51-,52-/m1/s1. The van der Waals surface area contributed by atoms with Crippen LogP contribution in [0.15, 0.2) is 11.6 Å². The van der Waals surface area contributed by atoms with Crippen molar-refractivity contribution in [2.75, 3.05) is 26.4 Å². The lowest BCUT2D eigenvalue weighted by Crippen LogP contribution is -2.67. The molecule has 4 aliphatic heterocycles. The number of allylic oxidation sites excluding steroid dienone is 2. The molecule has 21 nitrogen and oxygen atoms in total. The molecule has 12 N–H and O–H groups in total. The van der Waals surface area contributed by atoms with Crippen LogP contribution in [-0.4, -0.2) is 216 Å². The number of carbonyl (C=O) groups is 1. The van der Waals surface area contributed by atoms with Gasteiger partial charge in [-0.25, -0.2) is 0 Å². The molecule has 8 fully saturated rings. The van der Waals surface area contributed by atoms with E-state index in [1.54, 1.807) is 0 Å². The third-order valence-corrected chi connectivity index (χ3v) is 19.9. The minimum absolute atomic E-state index is 0.0277. The summed E-state index contributed by atoms with van der Waals surface area (Å²) in [5, 5.41) is 130. The van der Waals surface area contributed by atoms with E-state index in [0.717, 1.165) is 31.3 Å². The Balaban J connectivity index is 1.03. The highest BCUT2D eigenvalue weighted by molar-refractivity contribution is 5.62. The zero-order valence-corrected chi connectivity index (χ0v) is 43.4. The molecule has 0 aromatic rings. The number of aliphatic hydroxyl groups is 12. The van der Waals surface area contributed by atoms with Gasteiger partial charge in [0, 0.05) is 5.41 Å². The molecule has 0 bridgehead atoms. The Kier molecular flexibility index (Phi) is 17.4. The molecule has 21 heteroatoms. The molecule has 4 saturated heterocycles. The maximum absolute atomic E-state index is 14.1. The van der Waals surface area contributed by atoms with Gasteiger partial charge in [-0.05, 0) is 125 Å². The van der Waals surface area contributed by atoms with Gasteiger partial charge in [0.1, 0.15) is 85.6 Å². The molecule has 4 saturated carbocycles. The van der Waals surface area contributed by atoms with E-state index in [1.807, 2.05) is 13.8 Å². The van der Waals surface area contributed by atoms with Gasteiger partial charge < -0.3 is 104 Å². The number of aliphatic hydroxyl groups excluding tert-OH is 11. The summed E-state index contributed by atoms with van der Waals surface area (Å²) >= 11 is 0. The van der Waals surface area contributed by atoms with Gasteiger partial charge >= 0.3 is 0 Å².